The fourth-order valence-electron chi connectivity index (χ4n) is 2.62. The molecule has 104 valence electrons. The van der Waals surface area contributed by atoms with Crippen molar-refractivity contribution in [1.82, 2.24) is 0 Å². The van der Waals surface area contributed by atoms with Gasteiger partial charge in [0.1, 0.15) is 10.8 Å². The van der Waals surface area contributed by atoms with E-state index in [2.05, 4.69) is 0 Å². The number of nitrogens with zero attached hydrogens (tertiary/aromatic N) is 1. The monoisotopic (exact) mass is 282 g/mol. The molecule has 1 aromatic rings. The molecule has 0 spiro atoms. The number of thiocarbonyl (C=S) groups is 1. The third kappa shape index (κ3) is 3.42. The molecule has 0 bridgehead atoms. The molecule has 3 nitrogen and oxygen atoms in total. The highest BCUT2D eigenvalue weighted by molar-refractivity contribution is 7.80. The maximum absolute atomic E-state index is 14.1. The second-order valence-corrected chi connectivity index (χ2v) is 5.44. The first-order valence-corrected chi connectivity index (χ1v) is 6.98. The Balaban J connectivity index is 2.15. The van der Waals surface area contributed by atoms with Gasteiger partial charge in [0.05, 0.1) is 5.69 Å². The van der Waals surface area contributed by atoms with E-state index < -0.39 is 0 Å². The first-order valence-electron chi connectivity index (χ1n) is 6.57. The quantitative estimate of drug-likeness (QED) is 0.830. The Kier molecular flexibility index (Phi) is 4.71. The number of anilines is 1. The van der Waals surface area contributed by atoms with Crippen LogP contribution in [0.3, 0.4) is 0 Å². The van der Waals surface area contributed by atoms with Crippen LogP contribution >= 0.6 is 12.2 Å². The van der Waals surface area contributed by atoms with E-state index in [4.69, 9.17) is 23.1 Å². The highest BCUT2D eigenvalue weighted by Crippen LogP contribution is 2.27. The maximum Gasteiger partial charge on any atom is 0.147 e. The molecule has 1 unspecified atom stereocenters. The topological polar surface area (TPSA) is 49.5 Å². The lowest BCUT2D eigenvalue weighted by Crippen LogP contribution is -2.36. The minimum Gasteiger partial charge on any atom is -0.396 e. The normalized spacial score (nSPS) is 19.5. The number of aliphatic hydroxyl groups is 1. The molecule has 0 aromatic heterocycles. The first-order chi connectivity index (χ1) is 9.11. The van der Waals surface area contributed by atoms with Crippen LogP contribution < -0.4 is 10.6 Å². The van der Waals surface area contributed by atoms with E-state index in [0.717, 1.165) is 32.4 Å². The molecule has 3 N–H and O–H groups in total. The second kappa shape index (κ2) is 6.30. The van der Waals surface area contributed by atoms with Gasteiger partial charge in [-0.3, -0.25) is 0 Å². The smallest absolute Gasteiger partial charge is 0.147 e. The summed E-state index contributed by atoms with van der Waals surface area (Å²) in [5, 5.41) is 9.01. The van der Waals surface area contributed by atoms with E-state index in [1.807, 2.05) is 4.90 Å². The predicted octanol–water partition coefficient (Wildman–Crippen LogP) is 2.06. The summed E-state index contributed by atoms with van der Waals surface area (Å²) in [4.78, 5) is 2.25. The van der Waals surface area contributed by atoms with Gasteiger partial charge in [-0.15, -0.1) is 0 Å². The molecule has 1 fully saturated rings. The van der Waals surface area contributed by atoms with Crippen molar-refractivity contribution in [2.24, 2.45) is 11.7 Å². The summed E-state index contributed by atoms with van der Waals surface area (Å²) in [6.07, 6.45) is 2.91. The molecule has 5 heteroatoms. The van der Waals surface area contributed by atoms with Gasteiger partial charge in [-0.25, -0.2) is 4.39 Å². The molecule has 1 aromatic carbocycles. The number of hydrogen-bond acceptors (Lipinski definition) is 3. The number of halogens is 1. The zero-order chi connectivity index (χ0) is 13.8. The zero-order valence-corrected chi connectivity index (χ0v) is 11.6. The van der Waals surface area contributed by atoms with Gasteiger partial charge in [0.2, 0.25) is 0 Å². The summed E-state index contributed by atoms with van der Waals surface area (Å²) >= 11 is 4.84. The van der Waals surface area contributed by atoms with Crippen molar-refractivity contribution in [2.75, 3.05) is 24.6 Å². The largest absolute Gasteiger partial charge is 0.396 e. The Morgan fingerprint density at radius 1 is 1.53 bits per heavy atom. The fourth-order valence-corrected chi connectivity index (χ4v) is 2.75. The minimum absolute atomic E-state index is 0.196. The summed E-state index contributed by atoms with van der Waals surface area (Å²) in [6, 6.07) is 4.90. The van der Waals surface area contributed by atoms with Gasteiger partial charge in [0.25, 0.3) is 0 Å². The van der Waals surface area contributed by atoms with Crippen LogP contribution in [0.15, 0.2) is 18.2 Å². The van der Waals surface area contributed by atoms with Gasteiger partial charge in [0, 0.05) is 25.3 Å². The van der Waals surface area contributed by atoms with Crippen molar-refractivity contribution in [3.63, 3.8) is 0 Å². The molecule has 2 rings (SSSR count). The molecular weight excluding hydrogens is 263 g/mol. The first kappa shape index (κ1) is 14.2. The number of aliphatic hydroxyl groups excluding tert-OH is 1. The number of hydrogen-bond donors (Lipinski definition) is 2. The SMILES string of the molecule is NC(=S)c1ccc(N2CCCC(CCO)C2)c(F)c1. The van der Waals surface area contributed by atoms with Gasteiger partial charge in [-0.1, -0.05) is 12.2 Å². The standard InChI is InChI=1S/C14H19FN2OS/c15-12-8-11(14(16)19)3-4-13(12)17-6-1-2-10(9-17)5-7-18/h3-4,8,10,18H,1-2,5-7,9H2,(H2,16,19). The van der Waals surface area contributed by atoms with E-state index in [0.29, 0.717) is 17.2 Å². The van der Waals surface area contributed by atoms with Crippen LogP contribution in [-0.2, 0) is 0 Å². The van der Waals surface area contributed by atoms with E-state index in [9.17, 15) is 4.39 Å². The maximum atomic E-state index is 14.1. The van der Waals surface area contributed by atoms with Gasteiger partial charge in [-0.2, -0.15) is 0 Å². The van der Waals surface area contributed by atoms with Crippen molar-refractivity contribution in [1.29, 1.82) is 0 Å². The lowest BCUT2D eigenvalue weighted by molar-refractivity contribution is 0.244. The molecule has 1 aliphatic rings. The van der Waals surface area contributed by atoms with Gasteiger partial charge in [-0.05, 0) is 43.4 Å². The number of rotatable bonds is 4. The third-order valence-corrected chi connectivity index (χ3v) is 3.86. The Hall–Kier alpha value is -1.20. The number of nitrogens with two attached hydrogens (primary N) is 1. The summed E-state index contributed by atoms with van der Waals surface area (Å²) in [7, 11) is 0. The molecule has 19 heavy (non-hydrogen) atoms. The van der Waals surface area contributed by atoms with Crippen LogP contribution in [0.1, 0.15) is 24.8 Å². The molecule has 0 radical (unpaired) electrons. The van der Waals surface area contributed by atoms with Crippen LogP contribution in [0.2, 0.25) is 0 Å². The second-order valence-electron chi connectivity index (χ2n) is 5.00. The van der Waals surface area contributed by atoms with Crippen LogP contribution in [0, 0.1) is 11.7 Å². The highest BCUT2D eigenvalue weighted by atomic mass is 32.1. The Morgan fingerprint density at radius 3 is 2.95 bits per heavy atom. The molecule has 0 aliphatic carbocycles. The Labute approximate surface area is 118 Å². The molecule has 0 amide bonds. The highest BCUT2D eigenvalue weighted by Gasteiger charge is 2.21. The molecule has 1 atom stereocenters. The average molecular weight is 282 g/mol. The summed E-state index contributed by atoms with van der Waals surface area (Å²) in [5.41, 5.74) is 6.65. The molecule has 0 saturated carbocycles. The minimum atomic E-state index is -0.282. The third-order valence-electron chi connectivity index (χ3n) is 3.63. The zero-order valence-electron chi connectivity index (χ0n) is 10.8. The number of benzene rings is 1. The van der Waals surface area contributed by atoms with Crippen LogP contribution in [-0.4, -0.2) is 29.8 Å². The van der Waals surface area contributed by atoms with Gasteiger partial charge in [0.15, 0.2) is 0 Å². The van der Waals surface area contributed by atoms with Crippen molar-refractivity contribution in [3.05, 3.63) is 29.6 Å². The van der Waals surface area contributed by atoms with E-state index in [1.54, 1.807) is 12.1 Å². The van der Waals surface area contributed by atoms with E-state index in [1.165, 1.54) is 6.07 Å². The molecule has 1 heterocycles. The summed E-state index contributed by atoms with van der Waals surface area (Å²) in [5.74, 6) is 0.156. The van der Waals surface area contributed by atoms with Crippen molar-refractivity contribution >= 4 is 22.9 Å². The Bertz CT molecular complexity index is 465. The van der Waals surface area contributed by atoms with Crippen LogP contribution in [0.5, 0.6) is 0 Å². The van der Waals surface area contributed by atoms with Crippen LogP contribution in [0.25, 0.3) is 0 Å². The molecule has 1 saturated heterocycles. The molecular formula is C14H19FN2OS. The fraction of sp³-hybridized carbons (Fsp3) is 0.500. The van der Waals surface area contributed by atoms with Gasteiger partial charge < -0.3 is 15.7 Å². The number of piperidine rings is 1. The van der Waals surface area contributed by atoms with Crippen molar-refractivity contribution < 1.29 is 9.50 Å². The lowest BCUT2D eigenvalue weighted by atomic mass is 9.94. The summed E-state index contributed by atoms with van der Waals surface area (Å²) in [6.45, 7) is 1.84. The predicted molar refractivity (Wildman–Crippen MR) is 78.9 cm³/mol. The lowest BCUT2D eigenvalue weighted by Gasteiger charge is -2.34. The van der Waals surface area contributed by atoms with Crippen LogP contribution in [0.4, 0.5) is 10.1 Å². The average Bonchev–Trinajstić information content (AvgIpc) is 2.39. The van der Waals surface area contributed by atoms with E-state index in [-0.39, 0.29) is 17.4 Å². The van der Waals surface area contributed by atoms with Gasteiger partial charge >= 0.3 is 0 Å². The molecule has 1 aliphatic heterocycles. The summed E-state index contributed by atoms with van der Waals surface area (Å²) < 4.78 is 14.1. The van der Waals surface area contributed by atoms with E-state index >= 15 is 0 Å². The Morgan fingerprint density at radius 2 is 2.32 bits per heavy atom. The van der Waals surface area contributed by atoms with Crippen molar-refractivity contribution in [3.8, 4) is 0 Å². The van der Waals surface area contributed by atoms with Crippen molar-refractivity contribution in [2.45, 2.75) is 19.3 Å².